The number of nitrogens with zero attached hydrogens (tertiary/aromatic N) is 1. The molecule has 2 amide bonds. The summed E-state index contributed by atoms with van der Waals surface area (Å²) >= 11 is 0. The molecule has 5 nitrogen and oxygen atoms in total. The highest BCUT2D eigenvalue weighted by Gasteiger charge is 2.47. The van der Waals surface area contributed by atoms with Gasteiger partial charge in [-0.2, -0.15) is 0 Å². The molecule has 1 aliphatic carbocycles. The molecule has 5 rings (SSSR count). The summed E-state index contributed by atoms with van der Waals surface area (Å²) in [5, 5.41) is 4.20. The number of amides is 2. The molecule has 0 spiro atoms. The van der Waals surface area contributed by atoms with Gasteiger partial charge in [-0.1, -0.05) is 30.3 Å². The highest BCUT2D eigenvalue weighted by atomic mass is 16.2. The number of carbonyl (C=O) groups excluding carboxylic acids is 2. The van der Waals surface area contributed by atoms with Crippen LogP contribution in [0.3, 0.4) is 0 Å². The van der Waals surface area contributed by atoms with E-state index in [1.54, 1.807) is 6.92 Å². The maximum atomic E-state index is 13.1. The molecule has 3 atom stereocenters. The van der Waals surface area contributed by atoms with Crippen molar-refractivity contribution in [3.05, 3.63) is 71.4 Å². The number of likely N-dealkylation sites (tertiary alicyclic amines) is 1. The van der Waals surface area contributed by atoms with Crippen molar-refractivity contribution < 1.29 is 9.59 Å². The molecule has 0 bridgehead atoms. The average molecular weight is 359 g/mol. The second kappa shape index (κ2) is 5.98. The largest absolute Gasteiger partial charge is 0.361 e. The minimum absolute atomic E-state index is 0.0677. The van der Waals surface area contributed by atoms with Crippen molar-refractivity contribution in [3.8, 4) is 0 Å². The number of aromatic amines is 1. The van der Waals surface area contributed by atoms with Crippen molar-refractivity contribution in [2.24, 2.45) is 5.92 Å². The number of H-pyrrole nitrogens is 1. The maximum absolute atomic E-state index is 13.1. The van der Waals surface area contributed by atoms with Crippen LogP contribution in [0.2, 0.25) is 0 Å². The van der Waals surface area contributed by atoms with Gasteiger partial charge in [0.05, 0.1) is 6.04 Å². The fourth-order valence-electron chi connectivity index (χ4n) is 4.80. The topological polar surface area (TPSA) is 65.2 Å². The molecule has 136 valence electrons. The van der Waals surface area contributed by atoms with Crippen LogP contribution < -0.4 is 5.32 Å². The molecule has 1 fully saturated rings. The van der Waals surface area contributed by atoms with Gasteiger partial charge in [0.1, 0.15) is 0 Å². The number of hydrogen-bond acceptors (Lipinski definition) is 2. The van der Waals surface area contributed by atoms with E-state index in [-0.39, 0.29) is 23.8 Å². The van der Waals surface area contributed by atoms with Crippen molar-refractivity contribution in [1.82, 2.24) is 15.2 Å². The van der Waals surface area contributed by atoms with E-state index in [2.05, 4.69) is 22.4 Å². The number of nitrogens with one attached hydrogen (secondary N) is 2. The quantitative estimate of drug-likeness (QED) is 0.738. The van der Waals surface area contributed by atoms with Gasteiger partial charge in [0.15, 0.2) is 0 Å². The molecule has 5 heteroatoms. The lowest BCUT2D eigenvalue weighted by molar-refractivity contribution is -0.128. The zero-order valence-electron chi connectivity index (χ0n) is 15.1. The van der Waals surface area contributed by atoms with Gasteiger partial charge in [0.25, 0.3) is 5.91 Å². The summed E-state index contributed by atoms with van der Waals surface area (Å²) in [6.45, 7) is 3.04. The van der Waals surface area contributed by atoms with E-state index in [4.69, 9.17) is 0 Å². The van der Waals surface area contributed by atoms with Gasteiger partial charge in [0, 0.05) is 54.5 Å². The third-order valence-corrected chi connectivity index (χ3v) is 6.10. The Morgan fingerprint density at radius 3 is 2.67 bits per heavy atom. The molecule has 2 aromatic carbocycles. The lowest BCUT2D eigenvalue weighted by atomic mass is 9.94. The van der Waals surface area contributed by atoms with Crippen LogP contribution in [-0.4, -0.2) is 34.8 Å². The highest BCUT2D eigenvalue weighted by Crippen LogP contribution is 2.49. The molecule has 2 aliphatic rings. The Morgan fingerprint density at radius 2 is 1.85 bits per heavy atom. The highest BCUT2D eigenvalue weighted by molar-refractivity contribution is 6.06. The number of carbonyl (C=O) groups is 2. The number of aromatic nitrogens is 1. The van der Waals surface area contributed by atoms with E-state index in [1.807, 2.05) is 47.5 Å². The van der Waals surface area contributed by atoms with Crippen LogP contribution in [0.15, 0.2) is 54.7 Å². The van der Waals surface area contributed by atoms with Crippen LogP contribution in [-0.2, 0) is 4.79 Å². The Morgan fingerprint density at radius 1 is 1.04 bits per heavy atom. The van der Waals surface area contributed by atoms with Crippen LogP contribution in [0.5, 0.6) is 0 Å². The Kier molecular flexibility index (Phi) is 3.57. The molecule has 0 saturated carbocycles. The summed E-state index contributed by atoms with van der Waals surface area (Å²) in [6.07, 6.45) is 1.85. The Bertz CT molecular complexity index is 1050. The van der Waals surface area contributed by atoms with Gasteiger partial charge in [-0.25, -0.2) is 0 Å². The number of hydrogen-bond donors (Lipinski definition) is 2. The lowest BCUT2D eigenvalue weighted by Gasteiger charge is -2.22. The van der Waals surface area contributed by atoms with Gasteiger partial charge >= 0.3 is 0 Å². The summed E-state index contributed by atoms with van der Waals surface area (Å²) in [7, 11) is 0. The van der Waals surface area contributed by atoms with Crippen LogP contribution in [0.4, 0.5) is 0 Å². The minimum Gasteiger partial charge on any atom is -0.361 e. The Balaban J connectivity index is 1.49. The van der Waals surface area contributed by atoms with Gasteiger partial charge in [-0.15, -0.1) is 0 Å². The summed E-state index contributed by atoms with van der Waals surface area (Å²) < 4.78 is 0. The van der Waals surface area contributed by atoms with Crippen molar-refractivity contribution in [1.29, 1.82) is 0 Å². The molecule has 3 aromatic rings. The molecule has 2 heterocycles. The van der Waals surface area contributed by atoms with E-state index >= 15 is 0 Å². The summed E-state index contributed by atoms with van der Waals surface area (Å²) in [4.78, 5) is 30.1. The van der Waals surface area contributed by atoms with Gasteiger partial charge in [0.2, 0.25) is 5.91 Å². The van der Waals surface area contributed by atoms with Crippen molar-refractivity contribution in [2.45, 2.75) is 18.9 Å². The molecule has 2 N–H and O–H groups in total. The zero-order chi connectivity index (χ0) is 18.5. The summed E-state index contributed by atoms with van der Waals surface area (Å²) in [5.41, 5.74) is 4.08. The fraction of sp³-hybridized carbons (Fsp3) is 0.273. The SMILES string of the molecule is CC(=O)N1C[C@@H]2[C@H](NC(=O)c3cccc4[nH]ccc34)c3ccccc3[C@@H]2C1. The van der Waals surface area contributed by atoms with Crippen molar-refractivity contribution in [2.75, 3.05) is 13.1 Å². The van der Waals surface area contributed by atoms with Crippen LogP contribution in [0, 0.1) is 5.92 Å². The second-order valence-corrected chi connectivity index (χ2v) is 7.52. The van der Waals surface area contributed by atoms with E-state index in [9.17, 15) is 9.59 Å². The predicted octanol–water partition coefficient (Wildman–Crippen LogP) is 3.21. The smallest absolute Gasteiger partial charge is 0.252 e. The molecule has 27 heavy (non-hydrogen) atoms. The first kappa shape index (κ1) is 16.1. The Hall–Kier alpha value is -3.08. The normalized spacial score (nSPS) is 23.3. The molecular formula is C22H21N3O2. The third-order valence-electron chi connectivity index (χ3n) is 6.10. The van der Waals surface area contributed by atoms with Crippen LogP contribution in [0.25, 0.3) is 10.9 Å². The third kappa shape index (κ3) is 2.46. The van der Waals surface area contributed by atoms with E-state index in [0.29, 0.717) is 18.0 Å². The molecule has 0 unspecified atom stereocenters. The average Bonchev–Trinajstić information content (AvgIpc) is 3.37. The first-order valence-corrected chi connectivity index (χ1v) is 9.35. The predicted molar refractivity (Wildman–Crippen MR) is 103 cm³/mol. The fourth-order valence-corrected chi connectivity index (χ4v) is 4.80. The first-order valence-electron chi connectivity index (χ1n) is 9.35. The molecule has 1 saturated heterocycles. The van der Waals surface area contributed by atoms with E-state index in [1.165, 1.54) is 11.1 Å². The second-order valence-electron chi connectivity index (χ2n) is 7.52. The van der Waals surface area contributed by atoms with E-state index < -0.39 is 0 Å². The number of rotatable bonds is 2. The number of fused-ring (bicyclic) bond motifs is 4. The van der Waals surface area contributed by atoms with Gasteiger partial charge < -0.3 is 15.2 Å². The van der Waals surface area contributed by atoms with Crippen molar-refractivity contribution >= 4 is 22.7 Å². The zero-order valence-corrected chi connectivity index (χ0v) is 15.1. The molecule has 1 aliphatic heterocycles. The minimum atomic E-state index is -0.0720. The van der Waals surface area contributed by atoms with E-state index in [0.717, 1.165) is 17.4 Å². The standard InChI is InChI=1S/C22H21N3O2/c1-13(26)25-11-18-14-5-2-3-6-16(14)21(19(18)12-25)24-22(27)17-7-4-8-20-15(17)9-10-23-20/h2-10,18-19,21,23H,11-12H2,1H3,(H,24,27)/t18-,19-,21+/m0/s1. The lowest BCUT2D eigenvalue weighted by Crippen LogP contribution is -2.34. The molecule has 0 radical (unpaired) electrons. The molecule has 1 aromatic heterocycles. The molecular weight excluding hydrogens is 338 g/mol. The summed E-state index contributed by atoms with van der Waals surface area (Å²) in [5.74, 6) is 0.546. The Labute approximate surface area is 157 Å². The first-order chi connectivity index (χ1) is 13.1. The van der Waals surface area contributed by atoms with Crippen molar-refractivity contribution in [3.63, 3.8) is 0 Å². The van der Waals surface area contributed by atoms with Gasteiger partial charge in [-0.05, 0) is 29.3 Å². The monoisotopic (exact) mass is 359 g/mol. The number of benzene rings is 2. The summed E-state index contributed by atoms with van der Waals surface area (Å²) in [6, 6.07) is 15.9. The van der Waals surface area contributed by atoms with Gasteiger partial charge in [-0.3, -0.25) is 9.59 Å². The maximum Gasteiger partial charge on any atom is 0.252 e. The van der Waals surface area contributed by atoms with Crippen LogP contribution >= 0.6 is 0 Å². The van der Waals surface area contributed by atoms with Crippen LogP contribution in [0.1, 0.15) is 40.4 Å².